The van der Waals surface area contributed by atoms with Gasteiger partial charge in [-0.05, 0) is 5.56 Å². The van der Waals surface area contributed by atoms with Gasteiger partial charge in [0.2, 0.25) is 5.91 Å². The van der Waals surface area contributed by atoms with Crippen LogP contribution in [0.4, 0.5) is 4.39 Å². The largest absolute Gasteiger partial charge is 0.368 e. The van der Waals surface area contributed by atoms with E-state index in [-0.39, 0.29) is 0 Å². The summed E-state index contributed by atoms with van der Waals surface area (Å²) in [4.78, 5) is 0. The number of hydrogen-bond donors (Lipinski definition) is 0. The van der Waals surface area contributed by atoms with Crippen LogP contribution in [-0.2, 0) is 13.6 Å². The van der Waals surface area contributed by atoms with Crippen molar-refractivity contribution in [3.8, 4) is 0 Å². The first-order valence-electron chi connectivity index (χ1n) is 4.04. The molecule has 0 saturated carbocycles. The van der Waals surface area contributed by atoms with Crippen molar-refractivity contribution in [3.05, 3.63) is 35.9 Å². The quantitative estimate of drug-likeness (QED) is 0.728. The van der Waals surface area contributed by atoms with E-state index in [4.69, 9.17) is 0 Å². The molecule has 0 radical (unpaired) electrons. The van der Waals surface area contributed by atoms with Gasteiger partial charge in [0, 0.05) is 14.2 Å². The molecule has 1 aromatic rings. The van der Waals surface area contributed by atoms with Crippen LogP contribution < -0.4 is 0 Å². The zero-order valence-electron chi connectivity index (χ0n) is 8.01. The van der Waals surface area contributed by atoms with Gasteiger partial charge < -0.3 is 9.05 Å². The summed E-state index contributed by atoms with van der Waals surface area (Å²) in [6.07, 6.45) is 0. The lowest BCUT2D eigenvalue weighted by atomic mass is 10.2. The van der Waals surface area contributed by atoms with E-state index >= 15 is 0 Å². The van der Waals surface area contributed by atoms with Crippen LogP contribution >= 0.6 is 7.60 Å². The molecule has 0 amide bonds. The van der Waals surface area contributed by atoms with Gasteiger partial charge in [0.05, 0.1) is 0 Å². The Bertz CT molecular complexity index is 320. The highest BCUT2D eigenvalue weighted by Crippen LogP contribution is 2.60. The van der Waals surface area contributed by atoms with E-state index in [9.17, 15) is 8.96 Å². The molecular formula is C9H12FO3P. The summed E-state index contributed by atoms with van der Waals surface area (Å²) < 4.78 is 34.4. The maximum atomic E-state index is 13.7. The predicted octanol–water partition coefficient (Wildman–Crippen LogP) is 3.14. The smallest absolute Gasteiger partial charge is 0.310 e. The summed E-state index contributed by atoms with van der Waals surface area (Å²) in [6, 6.07) is 8.15. The van der Waals surface area contributed by atoms with Crippen molar-refractivity contribution in [1.82, 2.24) is 0 Å². The molecule has 0 N–H and O–H groups in total. The number of benzene rings is 1. The van der Waals surface area contributed by atoms with Gasteiger partial charge in [-0.3, -0.25) is 4.57 Å². The van der Waals surface area contributed by atoms with Crippen LogP contribution in [0.3, 0.4) is 0 Å². The molecule has 0 aromatic heterocycles. The van der Waals surface area contributed by atoms with Gasteiger partial charge in [-0.2, -0.15) is 0 Å². The van der Waals surface area contributed by atoms with Crippen molar-refractivity contribution in [2.75, 3.05) is 14.2 Å². The molecule has 0 aliphatic rings. The van der Waals surface area contributed by atoms with E-state index in [1.165, 1.54) is 26.4 Å². The molecule has 1 rings (SSSR count). The Morgan fingerprint density at radius 3 is 2.14 bits per heavy atom. The summed E-state index contributed by atoms with van der Waals surface area (Å²) >= 11 is 0. The molecule has 3 nitrogen and oxygen atoms in total. The summed E-state index contributed by atoms with van der Waals surface area (Å²) in [5, 5.41) is 0. The molecule has 0 spiro atoms. The number of halogens is 1. The van der Waals surface area contributed by atoms with Crippen molar-refractivity contribution in [3.63, 3.8) is 0 Å². The molecule has 0 fully saturated rings. The lowest BCUT2D eigenvalue weighted by Gasteiger charge is -2.17. The third-order valence-corrected chi connectivity index (χ3v) is 3.73. The molecule has 78 valence electrons. The van der Waals surface area contributed by atoms with Crippen molar-refractivity contribution in [2.45, 2.75) is 5.91 Å². The second-order valence-corrected chi connectivity index (χ2v) is 4.91. The van der Waals surface area contributed by atoms with Gasteiger partial charge in [-0.1, -0.05) is 30.3 Å². The monoisotopic (exact) mass is 218 g/mol. The fraction of sp³-hybridized carbons (Fsp3) is 0.333. The SMILES string of the molecule is COP(=O)(OC)C(F)c1ccccc1. The lowest BCUT2D eigenvalue weighted by Crippen LogP contribution is -1.98. The summed E-state index contributed by atoms with van der Waals surface area (Å²) in [6.45, 7) is 0. The minimum atomic E-state index is -3.66. The van der Waals surface area contributed by atoms with E-state index in [0.29, 0.717) is 5.56 Å². The predicted molar refractivity (Wildman–Crippen MR) is 51.9 cm³/mol. The van der Waals surface area contributed by atoms with Gasteiger partial charge in [0.1, 0.15) is 0 Å². The fourth-order valence-corrected chi connectivity index (χ4v) is 2.11. The Morgan fingerprint density at radius 2 is 1.71 bits per heavy atom. The topological polar surface area (TPSA) is 35.5 Å². The van der Waals surface area contributed by atoms with Crippen LogP contribution in [0.25, 0.3) is 0 Å². The summed E-state index contributed by atoms with van der Waals surface area (Å²) in [5.74, 6) is -1.74. The number of alkyl halides is 1. The highest BCUT2D eigenvalue weighted by Gasteiger charge is 2.35. The second-order valence-electron chi connectivity index (χ2n) is 2.65. The van der Waals surface area contributed by atoms with Crippen LogP contribution in [0.1, 0.15) is 11.5 Å². The Labute approximate surface area is 82.4 Å². The molecule has 1 atom stereocenters. The standard InChI is InChI=1S/C9H12FO3P/c1-12-14(11,13-2)9(10)8-6-4-3-5-7-8/h3-7,9H,1-2H3. The molecule has 0 heterocycles. The molecule has 0 saturated heterocycles. The van der Waals surface area contributed by atoms with Gasteiger partial charge in [0.15, 0.2) is 0 Å². The van der Waals surface area contributed by atoms with Crippen LogP contribution in [0.2, 0.25) is 0 Å². The van der Waals surface area contributed by atoms with Crippen LogP contribution in [0.15, 0.2) is 30.3 Å². The Kier molecular flexibility index (Phi) is 3.81. The zero-order chi connectivity index (χ0) is 10.6. The maximum absolute atomic E-state index is 13.7. The maximum Gasteiger partial charge on any atom is 0.368 e. The average molecular weight is 218 g/mol. The molecule has 0 bridgehead atoms. The van der Waals surface area contributed by atoms with Crippen molar-refractivity contribution in [1.29, 1.82) is 0 Å². The first-order chi connectivity index (χ1) is 6.64. The minimum Gasteiger partial charge on any atom is -0.310 e. The van der Waals surface area contributed by atoms with E-state index in [1.54, 1.807) is 18.2 Å². The summed E-state index contributed by atoms with van der Waals surface area (Å²) in [7, 11) is -1.33. The zero-order valence-corrected chi connectivity index (χ0v) is 8.91. The molecule has 5 heteroatoms. The number of hydrogen-bond acceptors (Lipinski definition) is 3. The molecule has 1 unspecified atom stereocenters. The first-order valence-corrected chi connectivity index (χ1v) is 5.65. The Balaban J connectivity index is 2.95. The van der Waals surface area contributed by atoms with Crippen LogP contribution in [0.5, 0.6) is 0 Å². The van der Waals surface area contributed by atoms with E-state index < -0.39 is 13.5 Å². The second kappa shape index (κ2) is 4.69. The molecule has 0 aliphatic carbocycles. The van der Waals surface area contributed by atoms with Crippen molar-refractivity contribution < 1.29 is 18.0 Å². The van der Waals surface area contributed by atoms with Gasteiger partial charge >= 0.3 is 7.60 Å². The third-order valence-electron chi connectivity index (χ3n) is 1.86. The Hall–Kier alpha value is -0.700. The van der Waals surface area contributed by atoms with Gasteiger partial charge in [-0.15, -0.1) is 0 Å². The van der Waals surface area contributed by atoms with Crippen LogP contribution in [-0.4, -0.2) is 14.2 Å². The first kappa shape index (κ1) is 11.4. The van der Waals surface area contributed by atoms with Gasteiger partial charge in [0.25, 0.3) is 0 Å². The highest BCUT2D eigenvalue weighted by atomic mass is 31.2. The van der Waals surface area contributed by atoms with Gasteiger partial charge in [-0.25, -0.2) is 4.39 Å². The number of rotatable bonds is 4. The molecule has 1 aromatic carbocycles. The highest BCUT2D eigenvalue weighted by molar-refractivity contribution is 7.54. The minimum absolute atomic E-state index is 0.291. The summed E-state index contributed by atoms with van der Waals surface area (Å²) in [5.41, 5.74) is 0.291. The average Bonchev–Trinajstić information content (AvgIpc) is 2.28. The van der Waals surface area contributed by atoms with E-state index in [0.717, 1.165) is 0 Å². The van der Waals surface area contributed by atoms with E-state index in [2.05, 4.69) is 9.05 Å². The molecule has 14 heavy (non-hydrogen) atoms. The van der Waals surface area contributed by atoms with Crippen molar-refractivity contribution in [2.24, 2.45) is 0 Å². The van der Waals surface area contributed by atoms with Crippen LogP contribution in [0, 0.1) is 0 Å². The molecule has 0 aliphatic heterocycles. The fourth-order valence-electron chi connectivity index (χ4n) is 1.05. The molecular weight excluding hydrogens is 206 g/mol. The van der Waals surface area contributed by atoms with Crippen molar-refractivity contribution >= 4 is 7.60 Å². The lowest BCUT2D eigenvalue weighted by molar-refractivity contribution is 0.235. The van der Waals surface area contributed by atoms with E-state index in [1.807, 2.05) is 0 Å². The normalized spacial score (nSPS) is 13.9. The third kappa shape index (κ3) is 2.21. The Morgan fingerprint density at radius 1 is 1.21 bits per heavy atom.